The molecule has 1 aromatic carbocycles. The Bertz CT molecular complexity index is 989. The molecule has 1 N–H and O–H groups in total. The molecule has 1 aliphatic rings. The van der Waals surface area contributed by atoms with Gasteiger partial charge in [-0.05, 0) is 44.0 Å². The second-order valence-electron chi connectivity index (χ2n) is 7.38. The molecule has 1 aliphatic heterocycles. The van der Waals surface area contributed by atoms with Crippen molar-refractivity contribution in [2.24, 2.45) is 0 Å². The molecular formula is C22H25N3O2. The molecule has 0 saturated carbocycles. The Morgan fingerprint density at radius 2 is 2.07 bits per heavy atom. The van der Waals surface area contributed by atoms with E-state index in [-0.39, 0.29) is 5.91 Å². The summed E-state index contributed by atoms with van der Waals surface area (Å²) in [4.78, 5) is 18.2. The zero-order valence-electron chi connectivity index (χ0n) is 15.9. The van der Waals surface area contributed by atoms with E-state index in [1.54, 1.807) is 4.90 Å². The fourth-order valence-corrected chi connectivity index (χ4v) is 4.02. The Hall–Kier alpha value is -2.66. The van der Waals surface area contributed by atoms with Gasteiger partial charge in [-0.15, -0.1) is 0 Å². The number of hydrogen-bond acceptors (Lipinski definition) is 3. The second kappa shape index (κ2) is 7.16. The standard InChI is InChI=1S/C22H25N3O2/c1-15-3-6-20-18(11-15)19-13-24(22(27)14-26)9-8-21(19)25(20)10-7-17-5-4-16(2)23-12-17/h3-6,11-12,26H,7-10,13-14H2,1-2H3. The van der Waals surface area contributed by atoms with Gasteiger partial charge in [0.05, 0.1) is 0 Å². The number of benzene rings is 1. The highest BCUT2D eigenvalue weighted by Gasteiger charge is 2.26. The van der Waals surface area contributed by atoms with E-state index < -0.39 is 6.61 Å². The van der Waals surface area contributed by atoms with Gasteiger partial charge in [-0.2, -0.15) is 0 Å². The Labute approximate surface area is 159 Å². The number of hydrogen-bond donors (Lipinski definition) is 1. The summed E-state index contributed by atoms with van der Waals surface area (Å²) in [5, 5.41) is 10.4. The molecule has 5 nitrogen and oxygen atoms in total. The number of rotatable bonds is 4. The number of aliphatic hydroxyl groups is 1. The summed E-state index contributed by atoms with van der Waals surface area (Å²) in [6, 6.07) is 10.8. The number of aryl methyl sites for hydroxylation is 4. The summed E-state index contributed by atoms with van der Waals surface area (Å²) >= 11 is 0. The molecule has 0 spiro atoms. The number of pyridine rings is 1. The number of fused-ring (bicyclic) bond motifs is 3. The van der Waals surface area contributed by atoms with Crippen LogP contribution in [0.4, 0.5) is 0 Å². The summed E-state index contributed by atoms with van der Waals surface area (Å²) in [7, 11) is 0. The number of aliphatic hydroxyl groups excluding tert-OH is 1. The molecule has 27 heavy (non-hydrogen) atoms. The molecule has 0 bridgehead atoms. The van der Waals surface area contributed by atoms with Gasteiger partial charge in [-0.3, -0.25) is 9.78 Å². The zero-order valence-corrected chi connectivity index (χ0v) is 15.9. The molecule has 0 radical (unpaired) electrons. The van der Waals surface area contributed by atoms with Crippen molar-refractivity contribution in [2.45, 2.75) is 39.8 Å². The van der Waals surface area contributed by atoms with E-state index in [2.05, 4.69) is 46.8 Å². The monoisotopic (exact) mass is 363 g/mol. The molecule has 0 saturated heterocycles. The molecule has 0 fully saturated rings. The first kappa shape index (κ1) is 17.7. The maximum absolute atomic E-state index is 12.0. The number of carbonyl (C=O) groups excluding carboxylic acids is 1. The van der Waals surface area contributed by atoms with E-state index >= 15 is 0 Å². The van der Waals surface area contributed by atoms with Crippen molar-refractivity contribution < 1.29 is 9.90 Å². The van der Waals surface area contributed by atoms with E-state index in [0.29, 0.717) is 13.1 Å². The van der Waals surface area contributed by atoms with Gasteiger partial charge < -0.3 is 14.6 Å². The van der Waals surface area contributed by atoms with Crippen LogP contribution in [0.15, 0.2) is 36.5 Å². The van der Waals surface area contributed by atoms with Crippen LogP contribution in [0.5, 0.6) is 0 Å². The van der Waals surface area contributed by atoms with Crippen LogP contribution < -0.4 is 0 Å². The third-order valence-corrected chi connectivity index (χ3v) is 5.49. The van der Waals surface area contributed by atoms with Crippen molar-refractivity contribution in [1.82, 2.24) is 14.5 Å². The van der Waals surface area contributed by atoms with Crippen LogP contribution in [0.2, 0.25) is 0 Å². The van der Waals surface area contributed by atoms with Crippen LogP contribution >= 0.6 is 0 Å². The number of aromatic nitrogens is 2. The molecule has 140 valence electrons. The van der Waals surface area contributed by atoms with E-state index in [1.165, 1.54) is 33.3 Å². The van der Waals surface area contributed by atoms with E-state index in [4.69, 9.17) is 0 Å². The first-order valence-corrected chi connectivity index (χ1v) is 9.47. The van der Waals surface area contributed by atoms with Gasteiger partial charge in [0, 0.05) is 60.1 Å². The van der Waals surface area contributed by atoms with Crippen molar-refractivity contribution in [1.29, 1.82) is 0 Å². The fourth-order valence-electron chi connectivity index (χ4n) is 4.02. The molecule has 5 heteroatoms. The molecule has 0 atom stereocenters. The number of amides is 1. The largest absolute Gasteiger partial charge is 0.387 e. The van der Waals surface area contributed by atoms with E-state index in [9.17, 15) is 9.90 Å². The van der Waals surface area contributed by atoms with E-state index in [1.807, 2.05) is 13.1 Å². The van der Waals surface area contributed by atoms with Crippen LogP contribution in [0.1, 0.15) is 28.1 Å². The van der Waals surface area contributed by atoms with Crippen molar-refractivity contribution in [3.8, 4) is 0 Å². The molecule has 0 aliphatic carbocycles. The molecular weight excluding hydrogens is 338 g/mol. The lowest BCUT2D eigenvalue weighted by atomic mass is 10.0. The first-order chi connectivity index (χ1) is 13.1. The van der Waals surface area contributed by atoms with Crippen molar-refractivity contribution in [2.75, 3.05) is 13.2 Å². The normalized spacial score (nSPS) is 13.8. The third kappa shape index (κ3) is 3.35. The molecule has 0 unspecified atom stereocenters. The van der Waals surface area contributed by atoms with Crippen LogP contribution in [0.25, 0.3) is 10.9 Å². The SMILES string of the molecule is Cc1ccc2c(c1)c1c(n2CCc2ccc(C)nc2)CCN(C(=O)CO)C1. The molecule has 1 amide bonds. The van der Waals surface area contributed by atoms with Gasteiger partial charge >= 0.3 is 0 Å². The first-order valence-electron chi connectivity index (χ1n) is 9.47. The summed E-state index contributed by atoms with van der Waals surface area (Å²) in [6.45, 7) is 5.81. The minimum absolute atomic E-state index is 0.195. The minimum Gasteiger partial charge on any atom is -0.387 e. The average molecular weight is 363 g/mol. The smallest absolute Gasteiger partial charge is 0.248 e. The van der Waals surface area contributed by atoms with Crippen LogP contribution in [0, 0.1) is 13.8 Å². The van der Waals surface area contributed by atoms with Crippen molar-refractivity contribution in [3.05, 3.63) is 64.6 Å². The highest BCUT2D eigenvalue weighted by atomic mass is 16.3. The van der Waals surface area contributed by atoms with Crippen molar-refractivity contribution >= 4 is 16.8 Å². The van der Waals surface area contributed by atoms with Gasteiger partial charge in [0.15, 0.2) is 0 Å². The minimum atomic E-state index is -0.423. The summed E-state index contributed by atoms with van der Waals surface area (Å²) in [5.41, 5.74) is 7.25. The predicted molar refractivity (Wildman–Crippen MR) is 106 cm³/mol. The fraction of sp³-hybridized carbons (Fsp3) is 0.364. The third-order valence-electron chi connectivity index (χ3n) is 5.49. The quantitative estimate of drug-likeness (QED) is 0.775. The Balaban J connectivity index is 1.70. The van der Waals surface area contributed by atoms with Crippen LogP contribution in [-0.2, 0) is 30.7 Å². The lowest BCUT2D eigenvalue weighted by Crippen LogP contribution is -2.37. The summed E-state index contributed by atoms with van der Waals surface area (Å²) in [5.74, 6) is -0.195. The highest BCUT2D eigenvalue weighted by molar-refractivity contribution is 5.87. The molecule has 3 aromatic rings. The second-order valence-corrected chi connectivity index (χ2v) is 7.38. The Morgan fingerprint density at radius 3 is 2.81 bits per heavy atom. The van der Waals surface area contributed by atoms with Gasteiger partial charge in [-0.1, -0.05) is 17.7 Å². The predicted octanol–water partition coefficient (Wildman–Crippen LogP) is 2.77. The van der Waals surface area contributed by atoms with Gasteiger partial charge in [-0.25, -0.2) is 0 Å². The molecule has 4 rings (SSSR count). The Kier molecular flexibility index (Phi) is 4.70. The molecule has 3 heterocycles. The zero-order chi connectivity index (χ0) is 19.0. The van der Waals surface area contributed by atoms with E-state index in [0.717, 1.165) is 25.1 Å². The topological polar surface area (TPSA) is 58.4 Å². The van der Waals surface area contributed by atoms with Gasteiger partial charge in [0.1, 0.15) is 6.61 Å². The van der Waals surface area contributed by atoms with Crippen LogP contribution in [-0.4, -0.2) is 38.6 Å². The maximum Gasteiger partial charge on any atom is 0.248 e. The number of carbonyl (C=O) groups is 1. The maximum atomic E-state index is 12.0. The number of nitrogens with zero attached hydrogens (tertiary/aromatic N) is 3. The van der Waals surface area contributed by atoms with Gasteiger partial charge in [0.2, 0.25) is 5.91 Å². The lowest BCUT2D eigenvalue weighted by molar-refractivity contribution is -0.135. The lowest BCUT2D eigenvalue weighted by Gasteiger charge is -2.28. The Morgan fingerprint density at radius 1 is 1.22 bits per heavy atom. The van der Waals surface area contributed by atoms with Crippen molar-refractivity contribution in [3.63, 3.8) is 0 Å². The highest BCUT2D eigenvalue weighted by Crippen LogP contribution is 2.32. The average Bonchev–Trinajstić information content (AvgIpc) is 2.99. The van der Waals surface area contributed by atoms with Crippen LogP contribution in [0.3, 0.4) is 0 Å². The molecule has 2 aromatic heterocycles. The summed E-state index contributed by atoms with van der Waals surface area (Å²) < 4.78 is 2.41. The van der Waals surface area contributed by atoms with Gasteiger partial charge in [0.25, 0.3) is 0 Å². The summed E-state index contributed by atoms with van der Waals surface area (Å²) in [6.07, 6.45) is 3.71.